The molecule has 0 heterocycles. The number of nitrogens with one attached hydrogen (secondary N) is 1. The predicted molar refractivity (Wildman–Crippen MR) is 151 cm³/mol. The summed E-state index contributed by atoms with van der Waals surface area (Å²) in [4.78, 5) is 23.9. The topological polar surface area (TPSA) is 109 Å². The lowest BCUT2D eigenvalue weighted by molar-refractivity contribution is -0.112. The molecule has 4 aromatic carbocycles. The SMILES string of the molecule is N#C/C(=C\c1cc(Br)ccc1OCc1ccc(C(=O)O)cc1)C(=O)Nc1ccc(OCc2ccccc2)cc1. The molecule has 0 atom stereocenters. The van der Waals surface area contributed by atoms with Crippen molar-refractivity contribution in [2.75, 3.05) is 5.32 Å². The lowest BCUT2D eigenvalue weighted by atomic mass is 10.1. The fourth-order valence-corrected chi connectivity index (χ4v) is 3.92. The molecule has 0 aliphatic heterocycles. The Labute approximate surface area is 234 Å². The zero-order valence-corrected chi connectivity index (χ0v) is 22.2. The Morgan fingerprint density at radius 3 is 2.21 bits per heavy atom. The molecule has 0 unspecified atom stereocenters. The van der Waals surface area contributed by atoms with Gasteiger partial charge in [0.1, 0.15) is 36.4 Å². The van der Waals surface area contributed by atoms with Crippen molar-refractivity contribution < 1.29 is 24.2 Å². The van der Waals surface area contributed by atoms with E-state index >= 15 is 0 Å². The third-order valence-corrected chi connectivity index (χ3v) is 6.09. The summed E-state index contributed by atoms with van der Waals surface area (Å²) < 4.78 is 12.4. The van der Waals surface area contributed by atoms with E-state index in [0.29, 0.717) is 29.4 Å². The van der Waals surface area contributed by atoms with Crippen LogP contribution in [0.5, 0.6) is 11.5 Å². The van der Waals surface area contributed by atoms with Crippen LogP contribution >= 0.6 is 15.9 Å². The molecule has 39 heavy (non-hydrogen) atoms. The molecule has 0 aliphatic rings. The van der Waals surface area contributed by atoms with E-state index in [2.05, 4.69) is 21.2 Å². The molecule has 0 aromatic heterocycles. The van der Waals surface area contributed by atoms with Crippen molar-refractivity contribution in [2.45, 2.75) is 13.2 Å². The zero-order valence-electron chi connectivity index (χ0n) is 20.6. The summed E-state index contributed by atoms with van der Waals surface area (Å²) in [7, 11) is 0. The van der Waals surface area contributed by atoms with Gasteiger partial charge in [0.15, 0.2) is 0 Å². The van der Waals surface area contributed by atoms with Crippen LogP contribution in [0.4, 0.5) is 5.69 Å². The number of rotatable bonds is 10. The van der Waals surface area contributed by atoms with Gasteiger partial charge in [0, 0.05) is 15.7 Å². The number of nitriles is 1. The van der Waals surface area contributed by atoms with Crippen molar-refractivity contribution in [1.82, 2.24) is 0 Å². The van der Waals surface area contributed by atoms with Crippen LogP contribution < -0.4 is 14.8 Å². The van der Waals surface area contributed by atoms with E-state index in [0.717, 1.165) is 15.6 Å². The van der Waals surface area contributed by atoms with Crippen molar-refractivity contribution in [1.29, 1.82) is 5.26 Å². The maximum atomic E-state index is 12.9. The van der Waals surface area contributed by atoms with Gasteiger partial charge in [-0.1, -0.05) is 58.4 Å². The van der Waals surface area contributed by atoms with E-state index in [9.17, 15) is 14.9 Å². The molecule has 1 amide bonds. The molecular weight excluding hydrogens is 560 g/mol. The van der Waals surface area contributed by atoms with E-state index < -0.39 is 11.9 Å². The average Bonchev–Trinajstić information content (AvgIpc) is 2.95. The summed E-state index contributed by atoms with van der Waals surface area (Å²) in [5, 5.41) is 21.5. The average molecular weight is 583 g/mol. The molecule has 4 rings (SSSR count). The summed E-state index contributed by atoms with van der Waals surface area (Å²) in [6.45, 7) is 0.605. The van der Waals surface area contributed by atoms with Crippen LogP contribution in [-0.2, 0) is 18.0 Å². The second kappa shape index (κ2) is 13.1. The number of amides is 1. The van der Waals surface area contributed by atoms with Gasteiger partial charge in [0.05, 0.1) is 5.56 Å². The number of carboxylic acid groups (broad SMARTS) is 1. The summed E-state index contributed by atoms with van der Waals surface area (Å²) in [6.07, 6.45) is 1.46. The minimum atomic E-state index is -1.00. The van der Waals surface area contributed by atoms with E-state index in [1.54, 1.807) is 54.6 Å². The normalized spacial score (nSPS) is 10.8. The maximum absolute atomic E-state index is 12.9. The second-order valence-corrected chi connectivity index (χ2v) is 9.31. The number of carbonyl (C=O) groups is 2. The van der Waals surface area contributed by atoms with Gasteiger partial charge in [-0.2, -0.15) is 5.26 Å². The Balaban J connectivity index is 1.42. The van der Waals surface area contributed by atoms with Gasteiger partial charge in [-0.25, -0.2) is 4.79 Å². The summed E-state index contributed by atoms with van der Waals surface area (Å²) in [5.74, 6) is -0.453. The first-order valence-corrected chi connectivity index (χ1v) is 12.6. The lowest BCUT2D eigenvalue weighted by Gasteiger charge is -2.11. The summed E-state index contributed by atoms with van der Waals surface area (Å²) in [5.41, 5.74) is 2.95. The highest BCUT2D eigenvalue weighted by Crippen LogP contribution is 2.27. The van der Waals surface area contributed by atoms with Gasteiger partial charge in [0.2, 0.25) is 0 Å². The fourth-order valence-electron chi connectivity index (χ4n) is 3.55. The van der Waals surface area contributed by atoms with Gasteiger partial charge in [-0.05, 0) is 71.8 Å². The lowest BCUT2D eigenvalue weighted by Crippen LogP contribution is -2.13. The first-order valence-electron chi connectivity index (χ1n) is 11.9. The highest BCUT2D eigenvalue weighted by molar-refractivity contribution is 9.10. The Morgan fingerprint density at radius 1 is 0.872 bits per heavy atom. The second-order valence-electron chi connectivity index (χ2n) is 8.40. The minimum absolute atomic E-state index is 0.104. The van der Waals surface area contributed by atoms with Crippen molar-refractivity contribution in [3.63, 3.8) is 0 Å². The van der Waals surface area contributed by atoms with Crippen LogP contribution in [-0.4, -0.2) is 17.0 Å². The molecule has 8 heteroatoms. The number of benzene rings is 4. The Hall–Kier alpha value is -4.87. The third-order valence-electron chi connectivity index (χ3n) is 5.59. The molecule has 0 aliphatic carbocycles. The van der Waals surface area contributed by atoms with Crippen molar-refractivity contribution in [3.05, 3.63) is 129 Å². The van der Waals surface area contributed by atoms with Crippen LogP contribution in [0.3, 0.4) is 0 Å². The third kappa shape index (κ3) is 7.81. The standard InChI is InChI=1S/C31H23BrN2O5/c32-26-10-15-29(39-20-22-6-8-23(9-7-22)31(36)37)24(17-26)16-25(18-33)30(35)34-27-11-13-28(14-12-27)38-19-21-4-2-1-3-5-21/h1-17H,19-20H2,(H,34,35)(H,36,37)/b25-16+. The van der Waals surface area contributed by atoms with Crippen LogP contribution in [0, 0.1) is 11.3 Å². The van der Waals surface area contributed by atoms with E-state index in [4.69, 9.17) is 14.6 Å². The maximum Gasteiger partial charge on any atom is 0.335 e. The van der Waals surface area contributed by atoms with Crippen molar-refractivity contribution >= 4 is 39.6 Å². The number of hydrogen-bond donors (Lipinski definition) is 2. The highest BCUT2D eigenvalue weighted by Gasteiger charge is 2.13. The molecule has 0 bridgehead atoms. The molecule has 0 radical (unpaired) electrons. The molecule has 7 nitrogen and oxygen atoms in total. The number of hydrogen-bond acceptors (Lipinski definition) is 5. The molecule has 0 saturated heterocycles. The largest absolute Gasteiger partial charge is 0.489 e. The highest BCUT2D eigenvalue weighted by atomic mass is 79.9. The van der Waals surface area contributed by atoms with Gasteiger partial charge >= 0.3 is 5.97 Å². The first-order chi connectivity index (χ1) is 18.9. The Kier molecular flexibility index (Phi) is 9.11. The number of nitrogens with zero attached hydrogens (tertiary/aromatic N) is 1. The molecular formula is C31H23BrN2O5. The molecule has 0 fully saturated rings. The van der Waals surface area contributed by atoms with Crippen molar-refractivity contribution in [2.24, 2.45) is 0 Å². The number of carboxylic acids is 1. The fraction of sp³-hybridized carbons (Fsp3) is 0.0645. The molecule has 2 N–H and O–H groups in total. The van der Waals surface area contributed by atoms with Gasteiger partial charge in [-0.3, -0.25) is 4.79 Å². The number of halogens is 1. The zero-order chi connectivity index (χ0) is 27.6. The number of anilines is 1. The monoisotopic (exact) mass is 582 g/mol. The van der Waals surface area contributed by atoms with E-state index in [-0.39, 0.29) is 17.7 Å². The van der Waals surface area contributed by atoms with Gasteiger partial charge < -0.3 is 19.9 Å². The minimum Gasteiger partial charge on any atom is -0.489 e. The number of ether oxygens (including phenoxy) is 2. The Bertz CT molecular complexity index is 1530. The van der Waals surface area contributed by atoms with Crippen molar-refractivity contribution in [3.8, 4) is 17.6 Å². The molecule has 194 valence electrons. The number of aromatic carboxylic acids is 1. The van der Waals surface area contributed by atoms with Crippen LogP contribution in [0.25, 0.3) is 6.08 Å². The smallest absolute Gasteiger partial charge is 0.335 e. The van der Waals surface area contributed by atoms with Crippen LogP contribution in [0.2, 0.25) is 0 Å². The molecule has 0 saturated carbocycles. The molecule has 4 aromatic rings. The summed E-state index contributed by atoms with van der Waals surface area (Å²) in [6, 6.07) is 30.3. The quantitative estimate of drug-likeness (QED) is 0.156. The summed E-state index contributed by atoms with van der Waals surface area (Å²) >= 11 is 3.42. The van der Waals surface area contributed by atoms with E-state index in [1.165, 1.54) is 18.2 Å². The molecule has 0 spiro atoms. The van der Waals surface area contributed by atoms with Gasteiger partial charge in [0.25, 0.3) is 5.91 Å². The predicted octanol–water partition coefficient (Wildman–Crippen LogP) is 6.85. The van der Waals surface area contributed by atoms with Crippen LogP contribution in [0.15, 0.2) is 107 Å². The van der Waals surface area contributed by atoms with E-state index in [1.807, 2.05) is 36.4 Å². The number of carbonyl (C=O) groups excluding carboxylic acids is 1. The van der Waals surface area contributed by atoms with Crippen LogP contribution in [0.1, 0.15) is 27.0 Å². The first kappa shape index (κ1) is 27.2. The Morgan fingerprint density at radius 2 is 1.54 bits per heavy atom. The van der Waals surface area contributed by atoms with Gasteiger partial charge in [-0.15, -0.1) is 0 Å².